The SMILES string of the molecule is CCN(Cc1cncnc1)C1CCCNCC1. The molecule has 1 atom stereocenters. The summed E-state index contributed by atoms with van der Waals surface area (Å²) in [5, 5.41) is 3.47. The zero-order chi connectivity index (χ0) is 11.9. The molecule has 1 aliphatic rings. The number of hydrogen-bond donors (Lipinski definition) is 1. The first-order valence-electron chi connectivity index (χ1n) is 6.59. The van der Waals surface area contributed by atoms with Crippen molar-refractivity contribution in [3.63, 3.8) is 0 Å². The van der Waals surface area contributed by atoms with Crippen LogP contribution < -0.4 is 5.32 Å². The molecule has 17 heavy (non-hydrogen) atoms. The first kappa shape index (κ1) is 12.5. The number of nitrogens with zero attached hydrogens (tertiary/aromatic N) is 3. The minimum Gasteiger partial charge on any atom is -0.317 e. The van der Waals surface area contributed by atoms with E-state index in [0.717, 1.165) is 19.6 Å². The third-order valence-corrected chi connectivity index (χ3v) is 3.47. The number of hydrogen-bond acceptors (Lipinski definition) is 4. The van der Waals surface area contributed by atoms with Gasteiger partial charge >= 0.3 is 0 Å². The van der Waals surface area contributed by atoms with Crippen LogP contribution in [-0.2, 0) is 6.54 Å². The second-order valence-electron chi connectivity index (χ2n) is 4.64. The van der Waals surface area contributed by atoms with Crippen LogP contribution in [-0.4, -0.2) is 40.5 Å². The molecule has 1 aromatic rings. The van der Waals surface area contributed by atoms with Crippen LogP contribution >= 0.6 is 0 Å². The third-order valence-electron chi connectivity index (χ3n) is 3.47. The summed E-state index contributed by atoms with van der Waals surface area (Å²) in [4.78, 5) is 10.7. The lowest BCUT2D eigenvalue weighted by molar-refractivity contribution is 0.182. The molecule has 1 unspecified atom stereocenters. The molecule has 1 N–H and O–H groups in total. The Morgan fingerprint density at radius 1 is 1.29 bits per heavy atom. The maximum absolute atomic E-state index is 4.09. The molecule has 2 heterocycles. The summed E-state index contributed by atoms with van der Waals surface area (Å²) in [6, 6.07) is 0.704. The maximum Gasteiger partial charge on any atom is 0.115 e. The van der Waals surface area contributed by atoms with E-state index in [4.69, 9.17) is 0 Å². The summed E-state index contributed by atoms with van der Waals surface area (Å²) >= 11 is 0. The Morgan fingerprint density at radius 3 is 2.88 bits per heavy atom. The van der Waals surface area contributed by atoms with Gasteiger partial charge < -0.3 is 5.32 Å². The molecule has 1 saturated heterocycles. The monoisotopic (exact) mass is 234 g/mol. The highest BCUT2D eigenvalue weighted by atomic mass is 15.2. The summed E-state index contributed by atoms with van der Waals surface area (Å²) in [6.07, 6.45) is 9.27. The average Bonchev–Trinajstić information content (AvgIpc) is 2.66. The van der Waals surface area contributed by atoms with Crippen LogP contribution in [0.5, 0.6) is 0 Å². The van der Waals surface area contributed by atoms with Crippen LogP contribution in [0.3, 0.4) is 0 Å². The Bertz CT molecular complexity index is 306. The van der Waals surface area contributed by atoms with Gasteiger partial charge in [-0.3, -0.25) is 4.90 Å². The highest BCUT2D eigenvalue weighted by Crippen LogP contribution is 2.15. The zero-order valence-electron chi connectivity index (χ0n) is 10.6. The highest BCUT2D eigenvalue weighted by molar-refractivity contribution is 5.02. The van der Waals surface area contributed by atoms with Crippen molar-refractivity contribution in [2.45, 2.75) is 38.8 Å². The summed E-state index contributed by atoms with van der Waals surface area (Å²) < 4.78 is 0. The van der Waals surface area contributed by atoms with Gasteiger partial charge in [0.1, 0.15) is 6.33 Å². The van der Waals surface area contributed by atoms with Crippen molar-refractivity contribution in [1.82, 2.24) is 20.2 Å². The number of nitrogens with one attached hydrogen (secondary N) is 1. The minimum atomic E-state index is 0.704. The number of rotatable bonds is 4. The minimum absolute atomic E-state index is 0.704. The highest BCUT2D eigenvalue weighted by Gasteiger charge is 2.18. The first-order chi connectivity index (χ1) is 8.40. The van der Waals surface area contributed by atoms with Crippen molar-refractivity contribution in [2.24, 2.45) is 0 Å². The summed E-state index contributed by atoms with van der Waals surface area (Å²) in [5.74, 6) is 0. The van der Waals surface area contributed by atoms with E-state index in [1.54, 1.807) is 6.33 Å². The predicted molar refractivity (Wildman–Crippen MR) is 68.6 cm³/mol. The molecule has 0 aromatic carbocycles. The van der Waals surface area contributed by atoms with Gasteiger partial charge in [0.2, 0.25) is 0 Å². The molecule has 4 nitrogen and oxygen atoms in total. The Morgan fingerprint density at radius 2 is 2.12 bits per heavy atom. The van der Waals surface area contributed by atoms with Crippen LogP contribution in [0, 0.1) is 0 Å². The largest absolute Gasteiger partial charge is 0.317 e. The normalized spacial score (nSPS) is 21.4. The van der Waals surface area contributed by atoms with E-state index in [-0.39, 0.29) is 0 Å². The van der Waals surface area contributed by atoms with Crippen molar-refractivity contribution in [1.29, 1.82) is 0 Å². The number of aromatic nitrogens is 2. The molecule has 1 aromatic heterocycles. The lowest BCUT2D eigenvalue weighted by Crippen LogP contribution is -2.35. The van der Waals surface area contributed by atoms with Gasteiger partial charge in [0, 0.05) is 30.5 Å². The predicted octanol–water partition coefficient (Wildman–Crippen LogP) is 1.44. The summed E-state index contributed by atoms with van der Waals surface area (Å²) in [7, 11) is 0. The molecule has 0 bridgehead atoms. The first-order valence-corrected chi connectivity index (χ1v) is 6.59. The smallest absolute Gasteiger partial charge is 0.115 e. The molecule has 4 heteroatoms. The Balaban J connectivity index is 1.95. The lowest BCUT2D eigenvalue weighted by atomic mass is 10.1. The molecule has 1 aliphatic heterocycles. The van der Waals surface area contributed by atoms with Gasteiger partial charge in [-0.2, -0.15) is 0 Å². The van der Waals surface area contributed by atoms with Gasteiger partial charge in [-0.25, -0.2) is 9.97 Å². The van der Waals surface area contributed by atoms with Crippen molar-refractivity contribution in [3.05, 3.63) is 24.3 Å². The Labute approximate surface area is 103 Å². The molecule has 0 spiro atoms. The molecule has 2 rings (SSSR count). The van der Waals surface area contributed by atoms with Crippen molar-refractivity contribution in [2.75, 3.05) is 19.6 Å². The maximum atomic E-state index is 4.09. The fourth-order valence-electron chi connectivity index (χ4n) is 2.51. The van der Waals surface area contributed by atoms with Crippen LogP contribution in [0.15, 0.2) is 18.7 Å². The average molecular weight is 234 g/mol. The van der Waals surface area contributed by atoms with Gasteiger partial charge in [0.15, 0.2) is 0 Å². The summed E-state index contributed by atoms with van der Waals surface area (Å²) in [6.45, 7) is 6.62. The zero-order valence-corrected chi connectivity index (χ0v) is 10.6. The van der Waals surface area contributed by atoms with E-state index in [1.165, 1.54) is 31.4 Å². The second-order valence-corrected chi connectivity index (χ2v) is 4.64. The Hall–Kier alpha value is -1.00. The van der Waals surface area contributed by atoms with Gasteiger partial charge in [-0.15, -0.1) is 0 Å². The van der Waals surface area contributed by atoms with E-state index in [0.29, 0.717) is 6.04 Å². The quantitative estimate of drug-likeness (QED) is 0.856. The van der Waals surface area contributed by atoms with Crippen molar-refractivity contribution < 1.29 is 0 Å². The van der Waals surface area contributed by atoms with Gasteiger partial charge in [0.05, 0.1) is 0 Å². The van der Waals surface area contributed by atoms with Gasteiger partial charge in [-0.1, -0.05) is 6.92 Å². The van der Waals surface area contributed by atoms with Crippen molar-refractivity contribution in [3.8, 4) is 0 Å². The van der Waals surface area contributed by atoms with Gasteiger partial charge in [-0.05, 0) is 38.9 Å². The fraction of sp³-hybridized carbons (Fsp3) is 0.692. The standard InChI is InChI=1S/C13H22N4/c1-2-17(10-12-8-15-11-16-9-12)13-4-3-6-14-7-5-13/h8-9,11,13-14H,2-7,10H2,1H3. The van der Waals surface area contributed by atoms with Crippen LogP contribution in [0.25, 0.3) is 0 Å². The fourth-order valence-corrected chi connectivity index (χ4v) is 2.51. The molecule has 1 fully saturated rings. The topological polar surface area (TPSA) is 41.1 Å². The van der Waals surface area contributed by atoms with E-state index in [2.05, 4.69) is 27.1 Å². The molecular weight excluding hydrogens is 212 g/mol. The van der Waals surface area contributed by atoms with Crippen LogP contribution in [0.1, 0.15) is 31.7 Å². The molecule has 0 amide bonds. The van der Waals surface area contributed by atoms with Gasteiger partial charge in [0.25, 0.3) is 0 Å². The van der Waals surface area contributed by atoms with E-state index in [1.807, 2.05) is 12.4 Å². The summed E-state index contributed by atoms with van der Waals surface area (Å²) in [5.41, 5.74) is 1.21. The molecule has 0 aliphatic carbocycles. The molecule has 0 saturated carbocycles. The molecular formula is C13H22N4. The van der Waals surface area contributed by atoms with Crippen molar-refractivity contribution >= 4 is 0 Å². The van der Waals surface area contributed by atoms with E-state index in [9.17, 15) is 0 Å². The molecule has 94 valence electrons. The lowest BCUT2D eigenvalue weighted by Gasteiger charge is -2.29. The molecule has 0 radical (unpaired) electrons. The van der Waals surface area contributed by atoms with E-state index >= 15 is 0 Å². The van der Waals surface area contributed by atoms with Crippen LogP contribution in [0.2, 0.25) is 0 Å². The third kappa shape index (κ3) is 3.75. The van der Waals surface area contributed by atoms with E-state index < -0.39 is 0 Å². The van der Waals surface area contributed by atoms with Crippen LogP contribution in [0.4, 0.5) is 0 Å². The second kappa shape index (κ2) is 6.67. The Kier molecular flexibility index (Phi) is 4.88.